The predicted octanol–water partition coefficient (Wildman–Crippen LogP) is 1.33. The molecule has 0 amide bonds. The molecule has 0 saturated carbocycles. The first-order chi connectivity index (χ1) is 6.56. The van der Waals surface area contributed by atoms with Gasteiger partial charge in [-0.2, -0.15) is 0 Å². The highest BCUT2D eigenvalue weighted by Crippen LogP contribution is 2.00. The summed E-state index contributed by atoms with van der Waals surface area (Å²) in [6, 6.07) is 0.286. The average Bonchev–Trinajstić information content (AvgIpc) is 2.02. The van der Waals surface area contributed by atoms with Crippen molar-refractivity contribution in [1.82, 2.24) is 4.90 Å². The van der Waals surface area contributed by atoms with Gasteiger partial charge in [-0.1, -0.05) is 13.8 Å². The fourth-order valence-corrected chi connectivity index (χ4v) is 1.68. The second-order valence-corrected chi connectivity index (χ2v) is 4.51. The highest BCUT2D eigenvalue weighted by Gasteiger charge is 2.07. The van der Waals surface area contributed by atoms with Gasteiger partial charge in [0, 0.05) is 32.8 Å². The highest BCUT2D eigenvalue weighted by molar-refractivity contribution is 4.66. The van der Waals surface area contributed by atoms with E-state index in [1.807, 2.05) is 0 Å². The van der Waals surface area contributed by atoms with Crippen LogP contribution in [0.3, 0.4) is 0 Å². The molecule has 0 saturated heterocycles. The van der Waals surface area contributed by atoms with Crippen LogP contribution in [0.2, 0.25) is 0 Å². The lowest BCUT2D eigenvalue weighted by molar-refractivity contribution is 0.186. The Balaban J connectivity index is 3.44. The van der Waals surface area contributed by atoms with Crippen molar-refractivity contribution in [3.8, 4) is 0 Å². The SMILES string of the molecule is COCCCC(N)CN(C)CC(C)C. The van der Waals surface area contributed by atoms with Crippen molar-refractivity contribution in [2.45, 2.75) is 32.7 Å². The van der Waals surface area contributed by atoms with Crippen LogP contribution in [0, 0.1) is 5.92 Å². The number of nitrogens with two attached hydrogens (primary N) is 1. The van der Waals surface area contributed by atoms with Crippen LogP contribution in [0.25, 0.3) is 0 Å². The minimum atomic E-state index is 0.286. The molecule has 2 N–H and O–H groups in total. The summed E-state index contributed by atoms with van der Waals surface area (Å²) in [4.78, 5) is 2.31. The molecule has 0 aromatic heterocycles. The molecular formula is C11H26N2O. The molecule has 0 aliphatic rings. The van der Waals surface area contributed by atoms with Crippen molar-refractivity contribution in [2.75, 3.05) is 33.9 Å². The first-order valence-corrected chi connectivity index (χ1v) is 5.49. The van der Waals surface area contributed by atoms with E-state index >= 15 is 0 Å². The lowest BCUT2D eigenvalue weighted by Crippen LogP contribution is -2.37. The van der Waals surface area contributed by atoms with Crippen molar-refractivity contribution in [3.05, 3.63) is 0 Å². The van der Waals surface area contributed by atoms with E-state index in [0.717, 1.165) is 32.5 Å². The Bertz CT molecular complexity index is 128. The van der Waals surface area contributed by atoms with Gasteiger partial charge in [0.15, 0.2) is 0 Å². The number of nitrogens with zero attached hydrogens (tertiary/aromatic N) is 1. The van der Waals surface area contributed by atoms with Gasteiger partial charge in [-0.15, -0.1) is 0 Å². The molecular weight excluding hydrogens is 176 g/mol. The maximum atomic E-state index is 5.99. The molecule has 0 radical (unpaired) electrons. The van der Waals surface area contributed by atoms with Crippen molar-refractivity contribution in [3.63, 3.8) is 0 Å². The minimum absolute atomic E-state index is 0.286. The Morgan fingerprint density at radius 2 is 1.93 bits per heavy atom. The van der Waals surface area contributed by atoms with E-state index in [-0.39, 0.29) is 6.04 Å². The summed E-state index contributed by atoms with van der Waals surface area (Å²) in [6.07, 6.45) is 2.11. The summed E-state index contributed by atoms with van der Waals surface area (Å²) in [7, 11) is 3.87. The van der Waals surface area contributed by atoms with E-state index in [0.29, 0.717) is 5.92 Å². The van der Waals surface area contributed by atoms with Gasteiger partial charge in [0.1, 0.15) is 0 Å². The molecule has 0 aromatic rings. The molecule has 3 nitrogen and oxygen atoms in total. The smallest absolute Gasteiger partial charge is 0.0462 e. The second-order valence-electron chi connectivity index (χ2n) is 4.51. The van der Waals surface area contributed by atoms with E-state index in [4.69, 9.17) is 10.5 Å². The van der Waals surface area contributed by atoms with Gasteiger partial charge in [0.25, 0.3) is 0 Å². The molecule has 0 aliphatic heterocycles. The first kappa shape index (κ1) is 13.9. The van der Waals surface area contributed by atoms with Crippen LogP contribution >= 0.6 is 0 Å². The fraction of sp³-hybridized carbons (Fsp3) is 1.00. The van der Waals surface area contributed by atoms with Gasteiger partial charge >= 0.3 is 0 Å². The third-order valence-electron chi connectivity index (χ3n) is 2.15. The van der Waals surface area contributed by atoms with E-state index in [2.05, 4.69) is 25.8 Å². The van der Waals surface area contributed by atoms with Gasteiger partial charge < -0.3 is 15.4 Å². The van der Waals surface area contributed by atoms with Crippen LogP contribution in [0.1, 0.15) is 26.7 Å². The Kier molecular flexibility index (Phi) is 8.14. The number of ether oxygens (including phenoxy) is 1. The monoisotopic (exact) mass is 202 g/mol. The van der Waals surface area contributed by atoms with Crippen molar-refractivity contribution < 1.29 is 4.74 Å². The van der Waals surface area contributed by atoms with E-state index in [9.17, 15) is 0 Å². The van der Waals surface area contributed by atoms with Crippen LogP contribution in [0.15, 0.2) is 0 Å². The molecule has 0 rings (SSSR count). The molecule has 0 fully saturated rings. The normalized spacial score (nSPS) is 13.9. The zero-order chi connectivity index (χ0) is 11.0. The third-order valence-corrected chi connectivity index (χ3v) is 2.15. The Morgan fingerprint density at radius 1 is 1.29 bits per heavy atom. The molecule has 14 heavy (non-hydrogen) atoms. The summed E-state index contributed by atoms with van der Waals surface area (Å²) in [5.74, 6) is 0.714. The first-order valence-electron chi connectivity index (χ1n) is 5.49. The van der Waals surface area contributed by atoms with Crippen molar-refractivity contribution >= 4 is 0 Å². The summed E-state index contributed by atoms with van der Waals surface area (Å²) in [5, 5.41) is 0. The number of hydrogen-bond acceptors (Lipinski definition) is 3. The minimum Gasteiger partial charge on any atom is -0.385 e. The standard InChI is InChI=1S/C11H26N2O/c1-10(2)8-13(3)9-11(12)6-5-7-14-4/h10-11H,5-9,12H2,1-4H3. The zero-order valence-electron chi connectivity index (χ0n) is 10.1. The molecule has 1 unspecified atom stereocenters. The van der Waals surface area contributed by atoms with Crippen LogP contribution < -0.4 is 5.73 Å². The zero-order valence-corrected chi connectivity index (χ0v) is 10.1. The molecule has 0 aromatic carbocycles. The molecule has 3 heteroatoms. The second kappa shape index (κ2) is 8.21. The average molecular weight is 202 g/mol. The van der Waals surface area contributed by atoms with Crippen LogP contribution in [0.4, 0.5) is 0 Å². The Labute approximate surface area is 88.6 Å². The summed E-state index contributed by atoms with van der Waals surface area (Å²) < 4.78 is 4.99. The molecule has 0 spiro atoms. The maximum absolute atomic E-state index is 5.99. The van der Waals surface area contributed by atoms with E-state index in [1.165, 1.54) is 0 Å². The molecule has 0 aliphatic carbocycles. The molecule has 86 valence electrons. The van der Waals surface area contributed by atoms with Gasteiger partial charge in [-0.3, -0.25) is 0 Å². The summed E-state index contributed by atoms with van der Waals surface area (Å²) >= 11 is 0. The van der Waals surface area contributed by atoms with Gasteiger partial charge in [-0.05, 0) is 25.8 Å². The summed E-state index contributed by atoms with van der Waals surface area (Å²) in [5.41, 5.74) is 5.99. The largest absolute Gasteiger partial charge is 0.385 e. The highest BCUT2D eigenvalue weighted by atomic mass is 16.5. The van der Waals surface area contributed by atoms with E-state index in [1.54, 1.807) is 7.11 Å². The maximum Gasteiger partial charge on any atom is 0.0462 e. The number of hydrogen-bond donors (Lipinski definition) is 1. The Hall–Kier alpha value is -0.120. The molecule has 1 atom stereocenters. The lowest BCUT2D eigenvalue weighted by atomic mass is 10.1. The third kappa shape index (κ3) is 8.48. The lowest BCUT2D eigenvalue weighted by Gasteiger charge is -2.22. The van der Waals surface area contributed by atoms with Gasteiger partial charge in [0.05, 0.1) is 0 Å². The van der Waals surface area contributed by atoms with Crippen molar-refractivity contribution in [2.24, 2.45) is 11.7 Å². The molecule has 0 bridgehead atoms. The number of rotatable bonds is 8. The van der Waals surface area contributed by atoms with E-state index < -0.39 is 0 Å². The van der Waals surface area contributed by atoms with Crippen LogP contribution in [-0.2, 0) is 4.74 Å². The topological polar surface area (TPSA) is 38.5 Å². The van der Waals surface area contributed by atoms with Crippen LogP contribution in [0.5, 0.6) is 0 Å². The van der Waals surface area contributed by atoms with Gasteiger partial charge in [-0.25, -0.2) is 0 Å². The Morgan fingerprint density at radius 3 is 2.43 bits per heavy atom. The molecule has 0 heterocycles. The number of methoxy groups -OCH3 is 1. The van der Waals surface area contributed by atoms with Gasteiger partial charge in [0.2, 0.25) is 0 Å². The quantitative estimate of drug-likeness (QED) is 0.603. The van der Waals surface area contributed by atoms with Crippen molar-refractivity contribution in [1.29, 1.82) is 0 Å². The number of likely N-dealkylation sites (N-methyl/N-ethyl adjacent to an activating group) is 1. The fourth-order valence-electron chi connectivity index (χ4n) is 1.68. The van der Waals surface area contributed by atoms with Crippen LogP contribution in [-0.4, -0.2) is 44.8 Å². The summed E-state index contributed by atoms with van der Waals surface area (Å²) in [6.45, 7) is 7.39. The predicted molar refractivity (Wildman–Crippen MR) is 61.4 cm³/mol.